The second-order valence-corrected chi connectivity index (χ2v) is 3.10. The number of hydrogen-bond donors (Lipinski definition) is 0. The molecule has 0 bridgehead atoms. The van der Waals surface area contributed by atoms with Crippen molar-refractivity contribution in [1.82, 2.24) is 0 Å². The third-order valence-electron chi connectivity index (χ3n) is 2.07. The van der Waals surface area contributed by atoms with Gasteiger partial charge in [-0.1, -0.05) is 0 Å². The summed E-state index contributed by atoms with van der Waals surface area (Å²) in [6.07, 6.45) is 0. The summed E-state index contributed by atoms with van der Waals surface area (Å²) in [5.41, 5.74) is 1.74. The van der Waals surface area contributed by atoms with Crippen molar-refractivity contribution in [2.75, 3.05) is 7.11 Å². The number of ether oxygens (including phenoxy) is 1. The van der Waals surface area contributed by atoms with Gasteiger partial charge in [-0.15, -0.1) is 0 Å². The molecule has 0 fully saturated rings. The Hall–Kier alpha value is -1.95. The molecule has 1 aromatic heterocycles. The Morgan fingerprint density at radius 1 is 1.36 bits per heavy atom. The van der Waals surface area contributed by atoms with Gasteiger partial charge >= 0.3 is 0 Å². The van der Waals surface area contributed by atoms with E-state index < -0.39 is 0 Å². The molecule has 70 valence electrons. The maximum Gasteiger partial charge on any atom is 0.204 e. The van der Waals surface area contributed by atoms with Gasteiger partial charge in [-0.25, -0.2) is 0 Å². The third kappa shape index (κ3) is 1.21. The lowest BCUT2D eigenvalue weighted by Crippen LogP contribution is -1.83. The monoisotopic (exact) mass is 187 g/mol. The number of rotatable bonds is 1. The van der Waals surface area contributed by atoms with Crippen LogP contribution in [0.4, 0.5) is 0 Å². The van der Waals surface area contributed by atoms with Crippen LogP contribution in [-0.4, -0.2) is 7.11 Å². The number of nitriles is 1. The first kappa shape index (κ1) is 8.64. The largest absolute Gasteiger partial charge is 0.496 e. The molecule has 0 aliphatic rings. The Labute approximate surface area is 81.5 Å². The molecule has 1 heterocycles. The summed E-state index contributed by atoms with van der Waals surface area (Å²) >= 11 is 0. The number of benzene rings is 1. The van der Waals surface area contributed by atoms with Gasteiger partial charge in [-0.3, -0.25) is 0 Å². The van der Waals surface area contributed by atoms with E-state index in [1.807, 2.05) is 25.1 Å². The number of methoxy groups -OCH3 is 1. The van der Waals surface area contributed by atoms with Crippen LogP contribution in [0.5, 0.6) is 5.75 Å². The molecule has 2 aromatic rings. The molecule has 0 amide bonds. The molecule has 14 heavy (non-hydrogen) atoms. The van der Waals surface area contributed by atoms with E-state index in [0.29, 0.717) is 11.3 Å². The van der Waals surface area contributed by atoms with Crippen LogP contribution in [-0.2, 0) is 0 Å². The van der Waals surface area contributed by atoms with Crippen molar-refractivity contribution in [3.63, 3.8) is 0 Å². The number of furan rings is 1. The van der Waals surface area contributed by atoms with E-state index in [-0.39, 0.29) is 0 Å². The highest BCUT2D eigenvalue weighted by Gasteiger charge is 2.08. The predicted molar refractivity (Wildman–Crippen MR) is 52.2 cm³/mol. The molecule has 0 saturated heterocycles. The first-order chi connectivity index (χ1) is 6.74. The normalized spacial score (nSPS) is 10.1. The molecule has 0 unspecified atom stereocenters. The predicted octanol–water partition coefficient (Wildman–Crippen LogP) is 2.62. The van der Waals surface area contributed by atoms with Crippen LogP contribution >= 0.6 is 0 Å². The molecule has 0 spiro atoms. The maximum absolute atomic E-state index is 8.69. The van der Waals surface area contributed by atoms with Crippen LogP contribution in [0.2, 0.25) is 0 Å². The zero-order valence-electron chi connectivity index (χ0n) is 8.00. The first-order valence-electron chi connectivity index (χ1n) is 4.23. The summed E-state index contributed by atoms with van der Waals surface area (Å²) in [6, 6.07) is 7.46. The van der Waals surface area contributed by atoms with Crippen molar-refractivity contribution in [2.45, 2.75) is 6.92 Å². The quantitative estimate of drug-likeness (QED) is 0.689. The molecule has 0 atom stereocenters. The average molecular weight is 187 g/mol. The van der Waals surface area contributed by atoms with Crippen molar-refractivity contribution >= 4 is 11.0 Å². The molecular formula is C11H9NO2. The zero-order valence-corrected chi connectivity index (χ0v) is 8.00. The second-order valence-electron chi connectivity index (χ2n) is 3.10. The molecule has 0 saturated carbocycles. The fourth-order valence-corrected chi connectivity index (χ4v) is 1.46. The SMILES string of the molecule is COc1cc(C)cc2oc(C#N)cc12. The van der Waals surface area contributed by atoms with E-state index in [4.69, 9.17) is 14.4 Å². The van der Waals surface area contributed by atoms with Gasteiger partial charge in [0.25, 0.3) is 0 Å². The fourth-order valence-electron chi connectivity index (χ4n) is 1.46. The fraction of sp³-hybridized carbons (Fsp3) is 0.182. The van der Waals surface area contributed by atoms with Crippen molar-refractivity contribution in [1.29, 1.82) is 5.26 Å². The van der Waals surface area contributed by atoms with Crippen LogP contribution in [0.25, 0.3) is 11.0 Å². The van der Waals surface area contributed by atoms with Crippen molar-refractivity contribution < 1.29 is 9.15 Å². The van der Waals surface area contributed by atoms with Crippen LogP contribution in [0.15, 0.2) is 22.6 Å². The number of aryl methyl sites for hydroxylation is 1. The summed E-state index contributed by atoms with van der Waals surface area (Å²) < 4.78 is 10.5. The first-order valence-corrected chi connectivity index (χ1v) is 4.23. The van der Waals surface area contributed by atoms with Gasteiger partial charge in [0.15, 0.2) is 0 Å². The Bertz CT molecular complexity index is 520. The molecule has 3 heteroatoms. The van der Waals surface area contributed by atoms with Gasteiger partial charge in [0.1, 0.15) is 17.4 Å². The molecule has 0 aliphatic carbocycles. The minimum Gasteiger partial charge on any atom is -0.496 e. The number of fused-ring (bicyclic) bond motifs is 1. The lowest BCUT2D eigenvalue weighted by Gasteiger charge is -2.01. The lowest BCUT2D eigenvalue weighted by atomic mass is 10.1. The van der Waals surface area contributed by atoms with Crippen molar-refractivity contribution in [2.24, 2.45) is 0 Å². The van der Waals surface area contributed by atoms with Gasteiger partial charge < -0.3 is 9.15 Å². The molecule has 0 aliphatic heterocycles. The number of nitrogens with zero attached hydrogens (tertiary/aromatic N) is 1. The molecule has 3 nitrogen and oxygen atoms in total. The minimum atomic E-state index is 0.309. The maximum atomic E-state index is 8.69. The summed E-state index contributed by atoms with van der Waals surface area (Å²) in [6.45, 7) is 1.95. The van der Waals surface area contributed by atoms with Crippen molar-refractivity contribution in [3.05, 3.63) is 29.5 Å². The van der Waals surface area contributed by atoms with Crippen LogP contribution in [0.1, 0.15) is 11.3 Å². The molecule has 2 rings (SSSR count). The van der Waals surface area contributed by atoms with Gasteiger partial charge in [0.05, 0.1) is 12.5 Å². The third-order valence-corrected chi connectivity index (χ3v) is 2.07. The highest BCUT2D eigenvalue weighted by Crippen LogP contribution is 2.29. The van der Waals surface area contributed by atoms with Crippen LogP contribution < -0.4 is 4.74 Å². The molecule has 1 aromatic carbocycles. The topological polar surface area (TPSA) is 46.2 Å². The highest BCUT2D eigenvalue weighted by atomic mass is 16.5. The van der Waals surface area contributed by atoms with E-state index in [0.717, 1.165) is 16.7 Å². The molecule has 0 radical (unpaired) electrons. The Kier molecular flexibility index (Phi) is 1.90. The van der Waals surface area contributed by atoms with E-state index >= 15 is 0 Å². The minimum absolute atomic E-state index is 0.309. The van der Waals surface area contributed by atoms with Crippen LogP contribution in [0, 0.1) is 18.3 Å². The van der Waals surface area contributed by atoms with Gasteiger partial charge in [0.2, 0.25) is 5.76 Å². The van der Waals surface area contributed by atoms with Crippen molar-refractivity contribution in [3.8, 4) is 11.8 Å². The van der Waals surface area contributed by atoms with E-state index in [9.17, 15) is 0 Å². The Morgan fingerprint density at radius 2 is 2.14 bits per heavy atom. The van der Waals surface area contributed by atoms with E-state index in [2.05, 4.69) is 0 Å². The van der Waals surface area contributed by atoms with Crippen LogP contribution in [0.3, 0.4) is 0 Å². The van der Waals surface area contributed by atoms with Gasteiger partial charge in [0, 0.05) is 6.07 Å². The Morgan fingerprint density at radius 3 is 2.79 bits per heavy atom. The lowest BCUT2D eigenvalue weighted by molar-refractivity contribution is 0.419. The molecule has 0 N–H and O–H groups in total. The zero-order chi connectivity index (χ0) is 10.1. The smallest absolute Gasteiger partial charge is 0.204 e. The summed E-state index contributed by atoms with van der Waals surface area (Å²) in [4.78, 5) is 0. The van der Waals surface area contributed by atoms with Gasteiger partial charge in [-0.2, -0.15) is 5.26 Å². The number of hydrogen-bond acceptors (Lipinski definition) is 3. The summed E-state index contributed by atoms with van der Waals surface area (Å²) in [7, 11) is 1.60. The average Bonchev–Trinajstić information content (AvgIpc) is 2.59. The summed E-state index contributed by atoms with van der Waals surface area (Å²) in [5.74, 6) is 1.05. The van der Waals surface area contributed by atoms with Gasteiger partial charge in [-0.05, 0) is 24.6 Å². The van der Waals surface area contributed by atoms with E-state index in [1.54, 1.807) is 13.2 Å². The Balaban J connectivity index is 2.79. The summed E-state index contributed by atoms with van der Waals surface area (Å²) in [5, 5.41) is 9.53. The standard InChI is InChI=1S/C11H9NO2/c1-7-3-10(13-2)9-5-8(6-12)14-11(9)4-7/h3-5H,1-2H3. The molecular weight excluding hydrogens is 178 g/mol. The highest BCUT2D eigenvalue weighted by molar-refractivity contribution is 5.86. The second kappa shape index (κ2) is 3.08. The van der Waals surface area contributed by atoms with E-state index in [1.165, 1.54) is 0 Å².